The molecule has 4 heteroatoms. The lowest BCUT2D eigenvalue weighted by molar-refractivity contribution is 0.322. The predicted octanol–water partition coefficient (Wildman–Crippen LogP) is 4.44. The lowest BCUT2D eigenvalue weighted by Gasteiger charge is -2.16. The van der Waals surface area contributed by atoms with Crippen LogP contribution in [0.5, 0.6) is 0 Å². The maximum Gasteiger partial charge on any atom is 0.0521 e. The Morgan fingerprint density at radius 2 is 0.917 bits per heavy atom. The fraction of sp³-hybridized carbons (Fsp3) is 0.300. The van der Waals surface area contributed by atoms with E-state index >= 15 is 0 Å². The molecule has 126 valence electrons. The molecule has 2 nitrogen and oxygen atoms in total. The Morgan fingerprint density at radius 3 is 1.21 bits per heavy atom. The van der Waals surface area contributed by atoms with E-state index < -0.39 is 0 Å². The topological polar surface area (TPSA) is 40.5 Å². The first-order valence-corrected chi connectivity index (χ1v) is 10.5. The third kappa shape index (κ3) is 3.72. The highest BCUT2D eigenvalue weighted by atomic mass is 32.2. The lowest BCUT2D eigenvalue weighted by atomic mass is 9.93. The molecule has 0 aliphatic heterocycles. The molecular weight excluding hydrogens is 336 g/mol. The summed E-state index contributed by atoms with van der Waals surface area (Å²) in [5.74, 6) is 3.34. The predicted molar refractivity (Wildman–Crippen MR) is 108 cm³/mol. The molecule has 0 fully saturated rings. The van der Waals surface area contributed by atoms with Crippen LogP contribution in [-0.2, 0) is 11.5 Å². The minimum absolute atomic E-state index is 0.219. The molecule has 0 amide bonds. The van der Waals surface area contributed by atoms with Gasteiger partial charge in [0.2, 0.25) is 0 Å². The van der Waals surface area contributed by atoms with E-state index in [0.29, 0.717) is 0 Å². The lowest BCUT2D eigenvalue weighted by Crippen LogP contribution is -1.96. The van der Waals surface area contributed by atoms with Crippen LogP contribution in [-0.4, -0.2) is 34.9 Å². The van der Waals surface area contributed by atoms with Crippen LogP contribution in [0.25, 0.3) is 21.5 Å². The Bertz CT molecular complexity index is 692. The molecule has 0 atom stereocenters. The summed E-state index contributed by atoms with van der Waals surface area (Å²) in [7, 11) is 0. The van der Waals surface area contributed by atoms with Crippen molar-refractivity contribution < 1.29 is 10.2 Å². The molecule has 0 aliphatic carbocycles. The van der Waals surface area contributed by atoms with Crippen LogP contribution in [0.15, 0.2) is 48.5 Å². The number of benzene rings is 3. The smallest absolute Gasteiger partial charge is 0.0521 e. The van der Waals surface area contributed by atoms with Gasteiger partial charge in [-0.05, 0) is 32.7 Å². The molecular formula is C20H22O2S2. The van der Waals surface area contributed by atoms with Gasteiger partial charge >= 0.3 is 0 Å². The highest BCUT2D eigenvalue weighted by Gasteiger charge is 2.13. The highest BCUT2D eigenvalue weighted by molar-refractivity contribution is 7.98. The van der Waals surface area contributed by atoms with E-state index in [1.807, 2.05) is 0 Å². The summed E-state index contributed by atoms with van der Waals surface area (Å²) in [6.07, 6.45) is 0. The van der Waals surface area contributed by atoms with Gasteiger partial charge in [-0.2, -0.15) is 23.5 Å². The number of fused-ring (bicyclic) bond motifs is 2. The average Bonchev–Trinajstić information content (AvgIpc) is 2.63. The van der Waals surface area contributed by atoms with Gasteiger partial charge in [-0.25, -0.2) is 0 Å². The zero-order valence-corrected chi connectivity index (χ0v) is 15.2. The van der Waals surface area contributed by atoms with Crippen molar-refractivity contribution in [2.45, 2.75) is 11.5 Å². The minimum atomic E-state index is 0.219. The summed E-state index contributed by atoms with van der Waals surface area (Å²) < 4.78 is 0. The second-order valence-electron chi connectivity index (χ2n) is 5.60. The number of aliphatic hydroxyl groups is 2. The molecule has 0 bridgehead atoms. The Morgan fingerprint density at radius 1 is 0.583 bits per heavy atom. The monoisotopic (exact) mass is 358 g/mol. The summed E-state index contributed by atoms with van der Waals surface area (Å²) >= 11 is 3.55. The van der Waals surface area contributed by atoms with E-state index in [2.05, 4.69) is 48.5 Å². The number of thioether (sulfide) groups is 2. The maximum atomic E-state index is 9.09. The third-order valence-corrected chi connectivity index (χ3v) is 6.05. The second-order valence-corrected chi connectivity index (χ2v) is 7.81. The molecule has 3 aromatic carbocycles. The molecule has 2 N–H and O–H groups in total. The standard InChI is InChI=1S/C20H22O2S2/c21-9-11-23-13-19-15-5-1-2-6-16(15)20(14-24-12-10-22)18-8-4-3-7-17(18)19/h1-8,21-22H,9-14H2. The maximum absolute atomic E-state index is 9.09. The van der Waals surface area contributed by atoms with Crippen molar-refractivity contribution >= 4 is 45.1 Å². The summed E-state index contributed by atoms with van der Waals surface area (Å²) in [5, 5.41) is 23.4. The first-order valence-electron chi connectivity index (χ1n) is 8.15. The Kier molecular flexibility index (Phi) is 6.44. The molecule has 0 unspecified atom stereocenters. The van der Waals surface area contributed by atoms with Crippen molar-refractivity contribution in [3.63, 3.8) is 0 Å². The van der Waals surface area contributed by atoms with Gasteiger partial charge < -0.3 is 10.2 Å². The Balaban J connectivity index is 2.17. The zero-order valence-electron chi connectivity index (χ0n) is 13.6. The molecule has 0 radical (unpaired) electrons. The van der Waals surface area contributed by atoms with E-state index in [4.69, 9.17) is 10.2 Å². The van der Waals surface area contributed by atoms with Gasteiger partial charge in [0, 0.05) is 23.0 Å². The second kappa shape index (κ2) is 8.77. The van der Waals surface area contributed by atoms with Gasteiger partial charge in [-0.3, -0.25) is 0 Å². The summed E-state index contributed by atoms with van der Waals surface area (Å²) in [6.45, 7) is 0.437. The fourth-order valence-corrected chi connectivity index (χ4v) is 4.67. The van der Waals surface area contributed by atoms with Crippen molar-refractivity contribution in [1.29, 1.82) is 0 Å². The van der Waals surface area contributed by atoms with Crippen LogP contribution in [0.1, 0.15) is 11.1 Å². The van der Waals surface area contributed by atoms with E-state index in [1.54, 1.807) is 23.5 Å². The molecule has 0 saturated carbocycles. The quantitative estimate of drug-likeness (QED) is 0.461. The number of hydrogen-bond donors (Lipinski definition) is 2. The first kappa shape index (κ1) is 17.6. The van der Waals surface area contributed by atoms with Gasteiger partial charge in [0.15, 0.2) is 0 Å². The molecule has 3 rings (SSSR count). The van der Waals surface area contributed by atoms with Crippen molar-refractivity contribution in [1.82, 2.24) is 0 Å². The summed E-state index contributed by atoms with van der Waals surface area (Å²) in [6, 6.07) is 17.2. The number of hydrogen-bond acceptors (Lipinski definition) is 4. The van der Waals surface area contributed by atoms with E-state index in [1.165, 1.54) is 32.7 Å². The van der Waals surface area contributed by atoms with Gasteiger partial charge in [0.1, 0.15) is 0 Å². The molecule has 0 aromatic heterocycles. The van der Waals surface area contributed by atoms with Crippen LogP contribution in [0.3, 0.4) is 0 Å². The van der Waals surface area contributed by atoms with E-state index in [-0.39, 0.29) is 13.2 Å². The Hall–Kier alpha value is -1.20. The largest absolute Gasteiger partial charge is 0.396 e. The first-order chi connectivity index (χ1) is 11.9. The van der Waals surface area contributed by atoms with Crippen LogP contribution < -0.4 is 0 Å². The highest BCUT2D eigenvalue weighted by Crippen LogP contribution is 2.36. The van der Waals surface area contributed by atoms with Crippen molar-refractivity contribution in [2.75, 3.05) is 24.7 Å². The van der Waals surface area contributed by atoms with Crippen molar-refractivity contribution in [2.24, 2.45) is 0 Å². The van der Waals surface area contributed by atoms with E-state index in [9.17, 15) is 0 Å². The van der Waals surface area contributed by atoms with Crippen LogP contribution in [0.4, 0.5) is 0 Å². The Labute approximate surface area is 151 Å². The molecule has 0 saturated heterocycles. The molecule has 3 aromatic rings. The molecule has 0 aliphatic rings. The normalized spacial score (nSPS) is 11.4. The molecule has 0 heterocycles. The van der Waals surface area contributed by atoms with Crippen LogP contribution >= 0.6 is 23.5 Å². The summed E-state index contributed by atoms with van der Waals surface area (Å²) in [5.41, 5.74) is 2.71. The fourth-order valence-electron chi connectivity index (χ4n) is 3.10. The van der Waals surface area contributed by atoms with Crippen LogP contribution in [0, 0.1) is 0 Å². The van der Waals surface area contributed by atoms with Crippen LogP contribution in [0.2, 0.25) is 0 Å². The van der Waals surface area contributed by atoms with Gasteiger partial charge in [-0.1, -0.05) is 48.5 Å². The van der Waals surface area contributed by atoms with Gasteiger partial charge in [0.25, 0.3) is 0 Å². The van der Waals surface area contributed by atoms with Crippen molar-refractivity contribution in [3.05, 3.63) is 59.7 Å². The summed E-state index contributed by atoms with van der Waals surface area (Å²) in [4.78, 5) is 0. The average molecular weight is 359 g/mol. The molecule has 0 spiro atoms. The molecule has 24 heavy (non-hydrogen) atoms. The zero-order chi connectivity index (χ0) is 16.8. The van der Waals surface area contributed by atoms with Crippen molar-refractivity contribution in [3.8, 4) is 0 Å². The SMILES string of the molecule is OCCSCc1c2ccccc2c(CSCCO)c2ccccc12. The van der Waals surface area contributed by atoms with Gasteiger partial charge in [-0.15, -0.1) is 0 Å². The van der Waals surface area contributed by atoms with Gasteiger partial charge in [0.05, 0.1) is 13.2 Å². The number of aliphatic hydroxyl groups excluding tert-OH is 2. The number of rotatable bonds is 8. The third-order valence-electron chi connectivity index (χ3n) is 4.12. The minimum Gasteiger partial charge on any atom is -0.396 e. The van der Waals surface area contributed by atoms with E-state index in [0.717, 1.165) is 23.0 Å².